The monoisotopic (exact) mass is 197 g/mol. The zero-order valence-electron chi connectivity index (χ0n) is 10.0. The van der Waals surface area contributed by atoms with Gasteiger partial charge in [0.2, 0.25) is 0 Å². The second kappa shape index (κ2) is 7.28. The molecule has 1 aliphatic rings. The standard InChI is InChI=1S/C13H27N/c1-3-13(14-4-2)11-10-12-8-6-5-7-9-12/h12-14H,3-11H2,1-2H3. The van der Waals surface area contributed by atoms with Gasteiger partial charge in [0, 0.05) is 6.04 Å². The van der Waals surface area contributed by atoms with Gasteiger partial charge in [-0.15, -0.1) is 0 Å². The third-order valence-corrected chi connectivity index (χ3v) is 3.63. The fourth-order valence-corrected chi connectivity index (χ4v) is 2.65. The lowest BCUT2D eigenvalue weighted by Gasteiger charge is -2.24. The minimum Gasteiger partial charge on any atom is -0.314 e. The molecule has 14 heavy (non-hydrogen) atoms. The first kappa shape index (κ1) is 12.0. The topological polar surface area (TPSA) is 12.0 Å². The Morgan fingerprint density at radius 1 is 1.14 bits per heavy atom. The van der Waals surface area contributed by atoms with Crippen molar-refractivity contribution < 1.29 is 0 Å². The predicted octanol–water partition coefficient (Wildman–Crippen LogP) is 3.74. The SMILES string of the molecule is CCNC(CC)CCC1CCCCC1. The van der Waals surface area contributed by atoms with Crippen LogP contribution in [0.15, 0.2) is 0 Å². The van der Waals surface area contributed by atoms with Gasteiger partial charge in [0.15, 0.2) is 0 Å². The van der Waals surface area contributed by atoms with E-state index < -0.39 is 0 Å². The summed E-state index contributed by atoms with van der Waals surface area (Å²) in [5.41, 5.74) is 0. The van der Waals surface area contributed by atoms with E-state index in [4.69, 9.17) is 0 Å². The van der Waals surface area contributed by atoms with E-state index in [9.17, 15) is 0 Å². The molecule has 0 aromatic carbocycles. The van der Waals surface area contributed by atoms with E-state index in [1.165, 1.54) is 51.4 Å². The van der Waals surface area contributed by atoms with Gasteiger partial charge in [0.05, 0.1) is 0 Å². The molecule has 0 spiro atoms. The van der Waals surface area contributed by atoms with Gasteiger partial charge in [-0.25, -0.2) is 0 Å². The Labute approximate surface area is 89.7 Å². The van der Waals surface area contributed by atoms with Gasteiger partial charge < -0.3 is 5.32 Å². The molecule has 0 saturated heterocycles. The summed E-state index contributed by atoms with van der Waals surface area (Å²) in [5, 5.41) is 3.57. The van der Waals surface area contributed by atoms with Crippen molar-refractivity contribution in [1.29, 1.82) is 0 Å². The maximum Gasteiger partial charge on any atom is 0.00644 e. The smallest absolute Gasteiger partial charge is 0.00644 e. The normalized spacial score (nSPS) is 21.0. The Bertz CT molecular complexity index is 122. The Hall–Kier alpha value is -0.0400. The van der Waals surface area contributed by atoms with Gasteiger partial charge in [0.25, 0.3) is 0 Å². The second-order valence-electron chi connectivity index (χ2n) is 4.74. The molecular formula is C13H27N. The van der Waals surface area contributed by atoms with E-state index in [0.29, 0.717) is 0 Å². The summed E-state index contributed by atoms with van der Waals surface area (Å²) in [7, 11) is 0. The van der Waals surface area contributed by atoms with E-state index in [1.807, 2.05) is 0 Å². The molecule has 1 unspecified atom stereocenters. The van der Waals surface area contributed by atoms with Gasteiger partial charge in [-0.05, 0) is 31.7 Å². The van der Waals surface area contributed by atoms with Crippen LogP contribution in [-0.2, 0) is 0 Å². The lowest BCUT2D eigenvalue weighted by Crippen LogP contribution is -2.28. The van der Waals surface area contributed by atoms with Crippen molar-refractivity contribution in [2.45, 2.75) is 71.3 Å². The molecule has 84 valence electrons. The van der Waals surface area contributed by atoms with Crippen LogP contribution in [0.2, 0.25) is 0 Å². The molecule has 0 aromatic rings. The highest BCUT2D eigenvalue weighted by molar-refractivity contribution is 4.70. The molecule has 0 bridgehead atoms. The minimum absolute atomic E-state index is 0.780. The lowest BCUT2D eigenvalue weighted by molar-refractivity contribution is 0.312. The summed E-state index contributed by atoms with van der Waals surface area (Å²) in [5.74, 6) is 1.05. The quantitative estimate of drug-likeness (QED) is 0.684. The molecule has 1 N–H and O–H groups in total. The Morgan fingerprint density at radius 2 is 1.86 bits per heavy atom. The molecule has 1 nitrogen and oxygen atoms in total. The average Bonchev–Trinajstić information content (AvgIpc) is 2.25. The van der Waals surface area contributed by atoms with Gasteiger partial charge >= 0.3 is 0 Å². The molecule has 1 saturated carbocycles. The molecule has 0 amide bonds. The van der Waals surface area contributed by atoms with Gasteiger partial charge in [-0.1, -0.05) is 46.0 Å². The molecule has 0 radical (unpaired) electrons. The molecule has 0 aliphatic heterocycles. The number of nitrogens with one attached hydrogen (secondary N) is 1. The van der Waals surface area contributed by atoms with E-state index in [0.717, 1.165) is 18.5 Å². The van der Waals surface area contributed by atoms with Crippen LogP contribution in [0.3, 0.4) is 0 Å². The van der Waals surface area contributed by atoms with Crippen molar-refractivity contribution in [2.75, 3.05) is 6.54 Å². The molecule has 0 heterocycles. The zero-order valence-corrected chi connectivity index (χ0v) is 10.0. The molecule has 1 heteroatoms. The van der Waals surface area contributed by atoms with E-state index in [2.05, 4.69) is 19.2 Å². The summed E-state index contributed by atoms with van der Waals surface area (Å²) >= 11 is 0. The minimum atomic E-state index is 0.780. The number of rotatable bonds is 6. The van der Waals surface area contributed by atoms with E-state index in [-0.39, 0.29) is 0 Å². The van der Waals surface area contributed by atoms with Crippen LogP contribution in [0.5, 0.6) is 0 Å². The molecule has 1 aliphatic carbocycles. The Morgan fingerprint density at radius 3 is 2.43 bits per heavy atom. The zero-order chi connectivity index (χ0) is 10.2. The highest BCUT2D eigenvalue weighted by atomic mass is 14.9. The fraction of sp³-hybridized carbons (Fsp3) is 1.00. The van der Waals surface area contributed by atoms with Gasteiger partial charge in [-0.3, -0.25) is 0 Å². The van der Waals surface area contributed by atoms with Crippen LogP contribution < -0.4 is 5.32 Å². The van der Waals surface area contributed by atoms with Crippen LogP contribution >= 0.6 is 0 Å². The van der Waals surface area contributed by atoms with Crippen molar-refractivity contribution >= 4 is 0 Å². The molecule has 1 fully saturated rings. The largest absolute Gasteiger partial charge is 0.314 e. The average molecular weight is 197 g/mol. The second-order valence-corrected chi connectivity index (χ2v) is 4.74. The maximum absolute atomic E-state index is 3.57. The van der Waals surface area contributed by atoms with Crippen LogP contribution in [0, 0.1) is 5.92 Å². The van der Waals surface area contributed by atoms with Gasteiger partial charge in [-0.2, -0.15) is 0 Å². The molecular weight excluding hydrogens is 170 g/mol. The molecule has 1 atom stereocenters. The molecule has 0 aromatic heterocycles. The summed E-state index contributed by atoms with van der Waals surface area (Å²) in [4.78, 5) is 0. The predicted molar refractivity (Wildman–Crippen MR) is 63.6 cm³/mol. The first-order valence-electron chi connectivity index (χ1n) is 6.60. The first-order chi connectivity index (χ1) is 6.86. The highest BCUT2D eigenvalue weighted by Crippen LogP contribution is 2.27. The van der Waals surface area contributed by atoms with Crippen molar-refractivity contribution in [2.24, 2.45) is 5.92 Å². The summed E-state index contributed by atoms with van der Waals surface area (Å²) in [6, 6.07) is 0.780. The van der Waals surface area contributed by atoms with Crippen molar-refractivity contribution in [3.63, 3.8) is 0 Å². The van der Waals surface area contributed by atoms with Gasteiger partial charge in [0.1, 0.15) is 0 Å². The van der Waals surface area contributed by atoms with E-state index in [1.54, 1.807) is 0 Å². The van der Waals surface area contributed by atoms with Crippen molar-refractivity contribution in [1.82, 2.24) is 5.32 Å². The van der Waals surface area contributed by atoms with Crippen LogP contribution in [-0.4, -0.2) is 12.6 Å². The first-order valence-corrected chi connectivity index (χ1v) is 6.60. The fourth-order valence-electron chi connectivity index (χ4n) is 2.65. The van der Waals surface area contributed by atoms with Crippen LogP contribution in [0.1, 0.15) is 65.2 Å². The third kappa shape index (κ3) is 4.45. The molecule has 1 rings (SSSR count). The number of hydrogen-bond donors (Lipinski definition) is 1. The Balaban J connectivity index is 2.10. The van der Waals surface area contributed by atoms with Crippen molar-refractivity contribution in [3.8, 4) is 0 Å². The van der Waals surface area contributed by atoms with Crippen LogP contribution in [0.4, 0.5) is 0 Å². The lowest BCUT2D eigenvalue weighted by atomic mass is 9.85. The summed E-state index contributed by atoms with van der Waals surface area (Å²) < 4.78 is 0. The van der Waals surface area contributed by atoms with Crippen molar-refractivity contribution in [3.05, 3.63) is 0 Å². The van der Waals surface area contributed by atoms with E-state index >= 15 is 0 Å². The van der Waals surface area contributed by atoms with Crippen LogP contribution in [0.25, 0.3) is 0 Å². The third-order valence-electron chi connectivity index (χ3n) is 3.63. The summed E-state index contributed by atoms with van der Waals surface area (Å²) in [6.07, 6.45) is 11.6. The highest BCUT2D eigenvalue weighted by Gasteiger charge is 2.14. The summed E-state index contributed by atoms with van der Waals surface area (Å²) in [6.45, 7) is 5.64. The maximum atomic E-state index is 3.57. The Kier molecular flexibility index (Phi) is 6.25. The number of hydrogen-bond acceptors (Lipinski definition) is 1.